The van der Waals surface area contributed by atoms with Crippen molar-refractivity contribution in [2.24, 2.45) is 0 Å². The molecule has 18 heavy (non-hydrogen) atoms. The van der Waals surface area contributed by atoms with Crippen LogP contribution < -0.4 is 5.32 Å². The van der Waals surface area contributed by atoms with Crippen molar-refractivity contribution in [3.63, 3.8) is 0 Å². The van der Waals surface area contributed by atoms with Crippen molar-refractivity contribution in [2.45, 2.75) is 25.3 Å². The highest BCUT2D eigenvalue weighted by Gasteiger charge is 2.34. The second-order valence-corrected chi connectivity index (χ2v) is 5.68. The highest BCUT2D eigenvalue weighted by atomic mass is 32.2. The predicted octanol–water partition coefficient (Wildman–Crippen LogP) is 1.46. The summed E-state index contributed by atoms with van der Waals surface area (Å²) in [5.74, 6) is -1.07. The lowest BCUT2D eigenvalue weighted by molar-refractivity contribution is -0.119. The van der Waals surface area contributed by atoms with E-state index in [1.54, 1.807) is 0 Å². The second kappa shape index (κ2) is 6.51. The first-order chi connectivity index (χ1) is 8.16. The van der Waals surface area contributed by atoms with Crippen molar-refractivity contribution in [3.05, 3.63) is 37.5 Å². The molecule has 0 heterocycles. The van der Waals surface area contributed by atoms with Crippen LogP contribution in [-0.2, 0) is 14.9 Å². The van der Waals surface area contributed by atoms with Crippen LogP contribution in [0.2, 0.25) is 0 Å². The number of nitrogens with one attached hydrogen (secondary N) is 1. The third kappa shape index (κ3) is 5.79. The van der Waals surface area contributed by atoms with E-state index in [-0.39, 0.29) is 18.4 Å². The van der Waals surface area contributed by atoms with Crippen molar-refractivity contribution >= 4 is 16.0 Å². The monoisotopic (exact) mass is 273 g/mol. The number of carbonyl (C=O) groups is 1. The van der Waals surface area contributed by atoms with Gasteiger partial charge in [-0.3, -0.25) is 9.35 Å². The van der Waals surface area contributed by atoms with E-state index < -0.39 is 27.3 Å². The summed E-state index contributed by atoms with van der Waals surface area (Å²) in [4.78, 5) is 11.6. The molecular weight excluding hydrogens is 254 g/mol. The minimum absolute atomic E-state index is 0.192. The molecule has 0 aromatic heterocycles. The second-order valence-electron chi connectivity index (χ2n) is 4.23. The van der Waals surface area contributed by atoms with Gasteiger partial charge in [0, 0.05) is 5.57 Å². The van der Waals surface area contributed by atoms with Crippen LogP contribution >= 0.6 is 0 Å². The predicted molar refractivity (Wildman–Crippen MR) is 71.7 cm³/mol. The summed E-state index contributed by atoms with van der Waals surface area (Å²) in [6.45, 7) is 12.0. The summed E-state index contributed by atoms with van der Waals surface area (Å²) >= 11 is 0. The first-order valence-corrected chi connectivity index (χ1v) is 6.92. The fourth-order valence-electron chi connectivity index (χ4n) is 1.59. The molecule has 0 aromatic carbocycles. The molecule has 0 aromatic rings. The highest BCUT2D eigenvalue weighted by Crippen LogP contribution is 2.20. The van der Waals surface area contributed by atoms with Gasteiger partial charge in [-0.15, -0.1) is 13.2 Å². The molecule has 0 unspecified atom stereocenters. The quantitative estimate of drug-likeness (QED) is 0.398. The minimum Gasteiger partial charge on any atom is -0.345 e. The van der Waals surface area contributed by atoms with Gasteiger partial charge in [-0.05, 0) is 19.8 Å². The van der Waals surface area contributed by atoms with Gasteiger partial charge in [-0.1, -0.05) is 18.7 Å². The van der Waals surface area contributed by atoms with Gasteiger partial charge in [0.15, 0.2) is 0 Å². The van der Waals surface area contributed by atoms with Crippen molar-refractivity contribution < 1.29 is 17.8 Å². The van der Waals surface area contributed by atoms with E-state index in [2.05, 4.69) is 25.1 Å². The molecule has 0 aliphatic heterocycles. The van der Waals surface area contributed by atoms with E-state index in [1.165, 1.54) is 19.1 Å². The minimum atomic E-state index is -4.24. The van der Waals surface area contributed by atoms with Crippen molar-refractivity contribution in [1.82, 2.24) is 5.32 Å². The van der Waals surface area contributed by atoms with E-state index in [4.69, 9.17) is 4.55 Å². The van der Waals surface area contributed by atoms with Crippen molar-refractivity contribution in [3.8, 4) is 0 Å². The third-order valence-electron chi connectivity index (χ3n) is 2.30. The summed E-state index contributed by atoms with van der Waals surface area (Å²) in [6.07, 6.45) is 3.34. The molecule has 102 valence electrons. The Hall–Kier alpha value is -1.40. The maximum atomic E-state index is 11.6. The molecule has 2 N–H and O–H groups in total. The lowest BCUT2D eigenvalue weighted by Crippen LogP contribution is -2.52. The molecule has 0 atom stereocenters. The van der Waals surface area contributed by atoms with E-state index in [9.17, 15) is 13.2 Å². The van der Waals surface area contributed by atoms with Crippen molar-refractivity contribution in [1.29, 1.82) is 0 Å². The Morgan fingerprint density at radius 3 is 2.06 bits per heavy atom. The van der Waals surface area contributed by atoms with Gasteiger partial charge >= 0.3 is 0 Å². The Bertz CT molecular complexity index is 441. The normalized spacial score (nSPS) is 11.7. The Morgan fingerprint density at radius 1 is 1.33 bits per heavy atom. The van der Waals surface area contributed by atoms with E-state index in [0.717, 1.165) is 0 Å². The van der Waals surface area contributed by atoms with Crippen LogP contribution in [0.5, 0.6) is 0 Å². The van der Waals surface area contributed by atoms with Crippen LogP contribution in [0.1, 0.15) is 19.8 Å². The van der Waals surface area contributed by atoms with E-state index in [1.807, 2.05) is 0 Å². The molecule has 0 fully saturated rings. The maximum absolute atomic E-state index is 11.6. The number of hydrogen-bond donors (Lipinski definition) is 2. The lowest BCUT2D eigenvalue weighted by atomic mass is 9.93. The molecule has 0 aliphatic carbocycles. The molecule has 5 nitrogen and oxygen atoms in total. The van der Waals surface area contributed by atoms with Gasteiger partial charge in [0.1, 0.15) is 0 Å². The van der Waals surface area contributed by atoms with Crippen LogP contribution in [0.15, 0.2) is 37.5 Å². The first kappa shape index (κ1) is 16.6. The van der Waals surface area contributed by atoms with Gasteiger partial charge in [0.05, 0.1) is 11.3 Å². The van der Waals surface area contributed by atoms with Gasteiger partial charge in [-0.2, -0.15) is 8.42 Å². The highest BCUT2D eigenvalue weighted by molar-refractivity contribution is 7.85. The largest absolute Gasteiger partial charge is 0.345 e. The number of carbonyl (C=O) groups excluding carboxylic acids is 1. The Balaban J connectivity index is 5.32. The molecule has 6 heteroatoms. The lowest BCUT2D eigenvalue weighted by Gasteiger charge is -2.32. The summed E-state index contributed by atoms with van der Waals surface area (Å²) in [7, 11) is -4.24. The smallest absolute Gasteiger partial charge is 0.267 e. The topological polar surface area (TPSA) is 83.5 Å². The molecule has 0 aliphatic rings. The SMILES string of the molecule is C=CCC(CC=C)(CS(=O)(=O)O)NC(=O)C(=C)C. The van der Waals surface area contributed by atoms with E-state index >= 15 is 0 Å². The van der Waals surface area contributed by atoms with Gasteiger partial charge in [0.25, 0.3) is 10.1 Å². The zero-order valence-electron chi connectivity index (χ0n) is 10.5. The Morgan fingerprint density at radius 2 is 1.78 bits per heavy atom. The zero-order chi connectivity index (χ0) is 14.4. The number of rotatable bonds is 8. The van der Waals surface area contributed by atoms with E-state index in [0.29, 0.717) is 0 Å². The summed E-state index contributed by atoms with van der Waals surface area (Å²) in [5.41, 5.74) is -0.893. The molecule has 1 amide bonds. The van der Waals surface area contributed by atoms with Gasteiger partial charge in [-0.25, -0.2) is 0 Å². The van der Waals surface area contributed by atoms with Crippen LogP contribution in [0, 0.1) is 0 Å². The van der Waals surface area contributed by atoms with Gasteiger partial charge in [0.2, 0.25) is 5.91 Å². The van der Waals surface area contributed by atoms with Crippen LogP contribution in [0.25, 0.3) is 0 Å². The third-order valence-corrected chi connectivity index (χ3v) is 3.21. The number of hydrogen-bond acceptors (Lipinski definition) is 3. The summed E-state index contributed by atoms with van der Waals surface area (Å²) in [6, 6.07) is 0. The maximum Gasteiger partial charge on any atom is 0.267 e. The van der Waals surface area contributed by atoms with Crippen LogP contribution in [-0.4, -0.2) is 30.2 Å². The fourth-order valence-corrected chi connectivity index (χ4v) is 2.59. The summed E-state index contributed by atoms with van der Waals surface area (Å²) < 4.78 is 31.1. The first-order valence-electron chi connectivity index (χ1n) is 5.31. The molecule has 0 rings (SSSR count). The molecule has 0 bridgehead atoms. The molecule has 0 saturated carbocycles. The van der Waals surface area contributed by atoms with Crippen molar-refractivity contribution in [2.75, 3.05) is 5.75 Å². The Labute approximate surface area is 108 Å². The summed E-state index contributed by atoms with van der Waals surface area (Å²) in [5, 5.41) is 2.57. The average Bonchev–Trinajstić information content (AvgIpc) is 2.14. The average molecular weight is 273 g/mol. The van der Waals surface area contributed by atoms with Crippen LogP contribution in [0.3, 0.4) is 0 Å². The zero-order valence-corrected chi connectivity index (χ0v) is 11.3. The molecular formula is C12H19NO4S. The molecule has 0 spiro atoms. The number of amides is 1. The van der Waals surface area contributed by atoms with Gasteiger partial charge < -0.3 is 5.32 Å². The molecule has 0 saturated heterocycles. The molecule has 0 radical (unpaired) electrons. The fraction of sp³-hybridized carbons (Fsp3) is 0.417. The van der Waals surface area contributed by atoms with Crippen LogP contribution in [0.4, 0.5) is 0 Å². The Kier molecular flexibility index (Phi) is 6.00. The standard InChI is InChI=1S/C12H19NO4S/c1-5-7-12(8-6-2,9-18(15,16)17)13-11(14)10(3)4/h5-6H,1-3,7-9H2,4H3,(H,13,14)(H,15,16,17).